The van der Waals surface area contributed by atoms with Crippen molar-refractivity contribution in [2.24, 2.45) is 0 Å². The van der Waals surface area contributed by atoms with Crippen molar-refractivity contribution in [3.63, 3.8) is 0 Å². The van der Waals surface area contributed by atoms with Crippen LogP contribution in [-0.2, 0) is 6.42 Å². The minimum atomic E-state index is 0.409. The van der Waals surface area contributed by atoms with Gasteiger partial charge < -0.3 is 0 Å². The van der Waals surface area contributed by atoms with E-state index in [1.54, 1.807) is 0 Å². The van der Waals surface area contributed by atoms with Gasteiger partial charge >= 0.3 is 0 Å². The van der Waals surface area contributed by atoms with Crippen molar-refractivity contribution in [1.29, 1.82) is 0 Å². The van der Waals surface area contributed by atoms with Gasteiger partial charge in [0.2, 0.25) is 0 Å². The van der Waals surface area contributed by atoms with Gasteiger partial charge in [-0.1, -0.05) is 34.6 Å². The van der Waals surface area contributed by atoms with E-state index in [9.17, 15) is 0 Å². The van der Waals surface area contributed by atoms with Crippen LogP contribution in [0.4, 0.5) is 0 Å². The van der Waals surface area contributed by atoms with Gasteiger partial charge in [0, 0.05) is 11.6 Å². The molecule has 0 saturated heterocycles. The maximum absolute atomic E-state index is 4.69. The van der Waals surface area contributed by atoms with Crippen LogP contribution >= 0.6 is 0 Å². The van der Waals surface area contributed by atoms with E-state index >= 15 is 0 Å². The molecule has 0 N–H and O–H groups in total. The fourth-order valence-electron chi connectivity index (χ4n) is 1.81. The van der Waals surface area contributed by atoms with E-state index in [0.717, 1.165) is 17.9 Å². The Labute approximate surface area is 93.2 Å². The first-order chi connectivity index (χ1) is 6.97. The molecule has 1 aromatic heterocycles. The molecule has 2 nitrogen and oxygen atoms in total. The largest absolute Gasteiger partial charge is 0.238 e. The summed E-state index contributed by atoms with van der Waals surface area (Å²) in [5.74, 6) is 1.87. The Morgan fingerprint density at radius 1 is 1.00 bits per heavy atom. The van der Waals surface area contributed by atoms with Crippen LogP contribution in [0.2, 0.25) is 0 Å². The zero-order valence-electron chi connectivity index (χ0n) is 10.8. The predicted molar refractivity (Wildman–Crippen MR) is 64.3 cm³/mol. The van der Waals surface area contributed by atoms with E-state index in [0.29, 0.717) is 11.8 Å². The summed E-state index contributed by atoms with van der Waals surface area (Å²) in [6.07, 6.45) is 1.03. The molecule has 84 valence electrons. The van der Waals surface area contributed by atoms with Crippen LogP contribution in [0, 0.1) is 6.92 Å². The molecule has 0 unspecified atom stereocenters. The SMILES string of the molecule is CCc1c(C)nc(C(C)C)nc1C(C)C. The molecule has 0 aliphatic carbocycles. The van der Waals surface area contributed by atoms with E-state index in [1.807, 2.05) is 0 Å². The maximum atomic E-state index is 4.69. The Kier molecular flexibility index (Phi) is 3.83. The molecule has 0 bridgehead atoms. The van der Waals surface area contributed by atoms with Crippen molar-refractivity contribution in [2.45, 2.75) is 59.8 Å². The van der Waals surface area contributed by atoms with Crippen molar-refractivity contribution in [2.75, 3.05) is 0 Å². The Morgan fingerprint density at radius 2 is 1.60 bits per heavy atom. The fourth-order valence-corrected chi connectivity index (χ4v) is 1.81. The van der Waals surface area contributed by atoms with Crippen LogP contribution in [0.3, 0.4) is 0 Å². The van der Waals surface area contributed by atoms with Gasteiger partial charge in [0.05, 0.1) is 5.69 Å². The van der Waals surface area contributed by atoms with Crippen LogP contribution in [0.5, 0.6) is 0 Å². The predicted octanol–water partition coefficient (Wildman–Crippen LogP) is 3.59. The zero-order chi connectivity index (χ0) is 11.6. The van der Waals surface area contributed by atoms with Crippen LogP contribution in [0.25, 0.3) is 0 Å². The van der Waals surface area contributed by atoms with E-state index in [4.69, 9.17) is 4.98 Å². The summed E-state index contributed by atoms with van der Waals surface area (Å²) in [6.45, 7) is 13.0. The Morgan fingerprint density at radius 3 is 2.00 bits per heavy atom. The molecule has 0 aromatic carbocycles. The average molecular weight is 206 g/mol. The highest BCUT2D eigenvalue weighted by atomic mass is 14.9. The first-order valence-corrected chi connectivity index (χ1v) is 5.84. The lowest BCUT2D eigenvalue weighted by molar-refractivity contribution is 0.706. The van der Waals surface area contributed by atoms with Gasteiger partial charge in [-0.3, -0.25) is 0 Å². The molecule has 0 amide bonds. The first kappa shape index (κ1) is 12.2. The molecule has 0 aliphatic rings. The van der Waals surface area contributed by atoms with Gasteiger partial charge in [-0.15, -0.1) is 0 Å². The lowest BCUT2D eigenvalue weighted by atomic mass is 10.00. The Balaban J connectivity index is 3.32. The summed E-state index contributed by atoms with van der Waals surface area (Å²) in [4.78, 5) is 9.27. The van der Waals surface area contributed by atoms with Crippen LogP contribution in [-0.4, -0.2) is 9.97 Å². The lowest BCUT2D eigenvalue weighted by Crippen LogP contribution is -2.09. The summed E-state index contributed by atoms with van der Waals surface area (Å²) in [5, 5.41) is 0. The van der Waals surface area contributed by atoms with Gasteiger partial charge in [0.15, 0.2) is 0 Å². The second-order valence-corrected chi connectivity index (χ2v) is 4.69. The normalized spacial score (nSPS) is 11.5. The van der Waals surface area contributed by atoms with Crippen molar-refractivity contribution >= 4 is 0 Å². The molecule has 0 aliphatic heterocycles. The van der Waals surface area contributed by atoms with Crippen LogP contribution in [0.15, 0.2) is 0 Å². The average Bonchev–Trinajstić information content (AvgIpc) is 2.16. The summed E-state index contributed by atoms with van der Waals surface area (Å²) in [6, 6.07) is 0. The summed E-state index contributed by atoms with van der Waals surface area (Å²) < 4.78 is 0. The number of aromatic nitrogens is 2. The van der Waals surface area contributed by atoms with E-state index in [1.165, 1.54) is 11.3 Å². The monoisotopic (exact) mass is 206 g/mol. The Bertz CT molecular complexity index is 341. The van der Waals surface area contributed by atoms with Gasteiger partial charge in [0.1, 0.15) is 5.82 Å². The molecule has 0 atom stereocenters. The number of hydrogen-bond acceptors (Lipinski definition) is 2. The number of rotatable bonds is 3. The van der Waals surface area contributed by atoms with Crippen LogP contribution in [0.1, 0.15) is 69.2 Å². The third-order valence-electron chi connectivity index (χ3n) is 2.68. The highest BCUT2D eigenvalue weighted by Crippen LogP contribution is 2.22. The standard InChI is InChI=1S/C13H22N2/c1-7-11-10(6)14-13(9(4)5)15-12(11)8(2)3/h8-9H,7H2,1-6H3. The van der Waals surface area contributed by atoms with E-state index in [2.05, 4.69) is 46.5 Å². The molecule has 1 aromatic rings. The molecule has 0 fully saturated rings. The topological polar surface area (TPSA) is 25.8 Å². The van der Waals surface area contributed by atoms with Gasteiger partial charge in [-0.2, -0.15) is 0 Å². The highest BCUT2D eigenvalue weighted by Gasteiger charge is 2.14. The summed E-state index contributed by atoms with van der Waals surface area (Å²) in [5.41, 5.74) is 3.71. The highest BCUT2D eigenvalue weighted by molar-refractivity contribution is 5.28. The Hall–Kier alpha value is -0.920. The molecule has 0 spiro atoms. The number of hydrogen-bond donors (Lipinski definition) is 0. The fraction of sp³-hybridized carbons (Fsp3) is 0.692. The summed E-state index contributed by atoms with van der Waals surface area (Å²) in [7, 11) is 0. The van der Waals surface area contributed by atoms with E-state index < -0.39 is 0 Å². The smallest absolute Gasteiger partial charge is 0.131 e. The van der Waals surface area contributed by atoms with Crippen molar-refractivity contribution in [3.8, 4) is 0 Å². The number of aryl methyl sites for hydroxylation is 1. The molecule has 1 rings (SSSR count). The maximum Gasteiger partial charge on any atom is 0.131 e. The van der Waals surface area contributed by atoms with E-state index in [-0.39, 0.29) is 0 Å². The van der Waals surface area contributed by atoms with Crippen LogP contribution < -0.4 is 0 Å². The quantitative estimate of drug-likeness (QED) is 0.755. The second-order valence-electron chi connectivity index (χ2n) is 4.69. The van der Waals surface area contributed by atoms with Crippen molar-refractivity contribution < 1.29 is 0 Å². The third-order valence-corrected chi connectivity index (χ3v) is 2.68. The second kappa shape index (κ2) is 4.73. The third kappa shape index (κ3) is 2.55. The molecule has 1 heterocycles. The molecule has 0 saturated carbocycles. The zero-order valence-corrected chi connectivity index (χ0v) is 10.8. The van der Waals surface area contributed by atoms with Gasteiger partial charge in [-0.25, -0.2) is 9.97 Å². The molecular weight excluding hydrogens is 184 g/mol. The lowest BCUT2D eigenvalue weighted by Gasteiger charge is -2.15. The molecular formula is C13H22N2. The summed E-state index contributed by atoms with van der Waals surface area (Å²) >= 11 is 0. The minimum absolute atomic E-state index is 0.409. The van der Waals surface area contributed by atoms with Gasteiger partial charge in [-0.05, 0) is 24.8 Å². The molecule has 0 radical (unpaired) electrons. The molecule has 2 heteroatoms. The molecule has 15 heavy (non-hydrogen) atoms. The number of nitrogens with zero attached hydrogens (tertiary/aromatic N) is 2. The van der Waals surface area contributed by atoms with Crippen molar-refractivity contribution in [1.82, 2.24) is 9.97 Å². The van der Waals surface area contributed by atoms with Crippen molar-refractivity contribution in [3.05, 3.63) is 22.8 Å². The van der Waals surface area contributed by atoms with Gasteiger partial charge in [0.25, 0.3) is 0 Å². The minimum Gasteiger partial charge on any atom is -0.238 e. The first-order valence-electron chi connectivity index (χ1n) is 5.84.